The lowest BCUT2D eigenvalue weighted by Gasteiger charge is -2.20. The molecule has 0 amide bonds. The second kappa shape index (κ2) is 5.83. The highest BCUT2D eigenvalue weighted by Crippen LogP contribution is 2.18. The smallest absolute Gasteiger partial charge is 0.0204 e. The number of benzene rings is 1. The van der Waals surface area contributed by atoms with Gasteiger partial charge in [-0.3, -0.25) is 0 Å². The molecule has 1 N–H and O–H groups in total. The Balaban J connectivity index is 2.71. The minimum Gasteiger partial charge on any atom is -0.308 e. The minimum atomic E-state index is 0.171. The van der Waals surface area contributed by atoms with Crippen LogP contribution >= 0.6 is 15.9 Å². The van der Waals surface area contributed by atoms with Gasteiger partial charge in [-0.05, 0) is 51.8 Å². The van der Waals surface area contributed by atoms with Crippen molar-refractivity contribution < 1.29 is 0 Å². The van der Waals surface area contributed by atoms with E-state index in [-0.39, 0.29) is 5.54 Å². The highest BCUT2D eigenvalue weighted by Gasteiger charge is 2.07. The largest absolute Gasteiger partial charge is 0.308 e. The second-order valence-corrected chi connectivity index (χ2v) is 6.46. The summed E-state index contributed by atoms with van der Waals surface area (Å²) in [6.45, 7) is 11.8. The summed E-state index contributed by atoms with van der Waals surface area (Å²) in [5.74, 6) is 0. The summed E-state index contributed by atoms with van der Waals surface area (Å²) in [6, 6.07) is 6.44. The third-order valence-corrected chi connectivity index (χ3v) is 3.38. The normalized spacial score (nSPS) is 12.9. The van der Waals surface area contributed by atoms with Crippen LogP contribution in [0.3, 0.4) is 0 Å². The molecule has 0 radical (unpaired) electrons. The average Bonchev–Trinajstić information content (AvgIpc) is 2.20. The van der Waals surface area contributed by atoms with Gasteiger partial charge in [0, 0.05) is 16.6 Å². The first-order valence-electron chi connectivity index (χ1n) is 5.96. The van der Waals surface area contributed by atoms with Crippen LogP contribution in [0.5, 0.6) is 0 Å². The zero-order valence-electron chi connectivity index (χ0n) is 11.4. The van der Waals surface area contributed by atoms with Gasteiger partial charge >= 0.3 is 0 Å². The fraction of sp³-hybridized carbons (Fsp3) is 0.467. The lowest BCUT2D eigenvalue weighted by molar-refractivity contribution is 0.445. The van der Waals surface area contributed by atoms with E-state index in [4.69, 9.17) is 0 Å². The van der Waals surface area contributed by atoms with E-state index in [1.165, 1.54) is 21.2 Å². The van der Waals surface area contributed by atoms with Crippen LogP contribution in [0.4, 0.5) is 0 Å². The summed E-state index contributed by atoms with van der Waals surface area (Å²) in [6.07, 6.45) is 2.23. The van der Waals surface area contributed by atoms with E-state index in [0.29, 0.717) is 0 Å². The maximum Gasteiger partial charge on any atom is 0.0204 e. The van der Waals surface area contributed by atoms with Crippen molar-refractivity contribution in [3.8, 4) is 0 Å². The van der Waals surface area contributed by atoms with Crippen molar-refractivity contribution in [2.45, 2.75) is 40.2 Å². The number of rotatable bonds is 3. The third-order valence-electron chi connectivity index (χ3n) is 2.49. The standard InChI is InChI=1S/C15H22BrN/c1-11(10-17-15(3,4)5)8-13-6-7-14(16)12(2)9-13/h6-9,17H,10H2,1-5H3. The van der Waals surface area contributed by atoms with Crippen LogP contribution < -0.4 is 5.32 Å². The van der Waals surface area contributed by atoms with Gasteiger partial charge in [0.05, 0.1) is 0 Å². The number of hydrogen-bond acceptors (Lipinski definition) is 1. The van der Waals surface area contributed by atoms with Crippen LogP contribution in [0.1, 0.15) is 38.8 Å². The number of halogens is 1. The molecule has 0 aromatic heterocycles. The van der Waals surface area contributed by atoms with Crippen LogP contribution in [0, 0.1) is 6.92 Å². The van der Waals surface area contributed by atoms with Crippen LogP contribution in [-0.2, 0) is 0 Å². The van der Waals surface area contributed by atoms with Crippen LogP contribution in [0.25, 0.3) is 6.08 Å². The van der Waals surface area contributed by atoms with Crippen molar-refractivity contribution in [3.63, 3.8) is 0 Å². The summed E-state index contributed by atoms with van der Waals surface area (Å²) < 4.78 is 1.17. The fourth-order valence-electron chi connectivity index (χ4n) is 1.50. The third kappa shape index (κ3) is 5.51. The maximum atomic E-state index is 3.52. The molecule has 0 spiro atoms. The van der Waals surface area contributed by atoms with Crippen molar-refractivity contribution in [2.75, 3.05) is 6.54 Å². The minimum absolute atomic E-state index is 0.171. The molecule has 0 aliphatic rings. The highest BCUT2D eigenvalue weighted by molar-refractivity contribution is 9.10. The maximum absolute atomic E-state index is 3.52. The van der Waals surface area contributed by atoms with Crippen molar-refractivity contribution in [2.24, 2.45) is 0 Å². The first kappa shape index (κ1) is 14.5. The van der Waals surface area contributed by atoms with Crippen LogP contribution in [-0.4, -0.2) is 12.1 Å². The Kier molecular flexibility index (Phi) is 4.96. The van der Waals surface area contributed by atoms with E-state index in [0.717, 1.165) is 6.54 Å². The molecule has 1 rings (SSSR count). The summed E-state index contributed by atoms with van der Waals surface area (Å²) in [7, 11) is 0. The molecule has 17 heavy (non-hydrogen) atoms. The van der Waals surface area contributed by atoms with Gasteiger partial charge in [-0.15, -0.1) is 0 Å². The molecular formula is C15H22BrN. The Labute approximate surface area is 113 Å². The molecule has 1 nitrogen and oxygen atoms in total. The highest BCUT2D eigenvalue weighted by atomic mass is 79.9. The Hall–Kier alpha value is -0.600. The number of aryl methyl sites for hydroxylation is 1. The zero-order chi connectivity index (χ0) is 13.1. The number of nitrogens with one attached hydrogen (secondary N) is 1. The molecule has 0 aliphatic carbocycles. The SMILES string of the molecule is CC(=Cc1ccc(Br)c(C)c1)CNC(C)(C)C. The molecule has 0 saturated carbocycles. The van der Waals surface area contributed by atoms with Crippen molar-refractivity contribution in [1.82, 2.24) is 5.32 Å². The quantitative estimate of drug-likeness (QED) is 0.863. The Bertz CT molecular complexity index is 413. The molecule has 0 saturated heterocycles. The topological polar surface area (TPSA) is 12.0 Å². The first-order valence-corrected chi connectivity index (χ1v) is 6.75. The molecule has 1 aromatic carbocycles. The summed E-state index contributed by atoms with van der Waals surface area (Å²) in [5.41, 5.74) is 4.06. The van der Waals surface area contributed by atoms with Crippen molar-refractivity contribution >= 4 is 22.0 Å². The molecule has 1 aromatic rings. The van der Waals surface area contributed by atoms with E-state index in [9.17, 15) is 0 Å². The van der Waals surface area contributed by atoms with Gasteiger partial charge in [-0.2, -0.15) is 0 Å². The predicted molar refractivity (Wildman–Crippen MR) is 80.3 cm³/mol. The van der Waals surface area contributed by atoms with E-state index < -0.39 is 0 Å². The lowest BCUT2D eigenvalue weighted by atomic mass is 10.1. The Morgan fingerprint density at radius 1 is 1.35 bits per heavy atom. The molecule has 2 heteroatoms. The van der Waals surface area contributed by atoms with E-state index in [1.807, 2.05) is 0 Å². The van der Waals surface area contributed by atoms with Crippen molar-refractivity contribution in [3.05, 3.63) is 39.4 Å². The Morgan fingerprint density at radius 3 is 2.53 bits per heavy atom. The molecule has 0 unspecified atom stereocenters. The monoisotopic (exact) mass is 295 g/mol. The van der Waals surface area contributed by atoms with E-state index in [2.05, 4.69) is 80.1 Å². The lowest BCUT2D eigenvalue weighted by Crippen LogP contribution is -2.36. The van der Waals surface area contributed by atoms with Gasteiger partial charge in [0.25, 0.3) is 0 Å². The van der Waals surface area contributed by atoms with Crippen LogP contribution in [0.15, 0.2) is 28.2 Å². The van der Waals surface area contributed by atoms with E-state index in [1.54, 1.807) is 0 Å². The van der Waals surface area contributed by atoms with Gasteiger partial charge in [0.15, 0.2) is 0 Å². The molecule has 0 atom stereocenters. The fourth-order valence-corrected chi connectivity index (χ4v) is 1.74. The first-order chi connectivity index (χ1) is 7.78. The molecule has 0 fully saturated rings. The van der Waals surface area contributed by atoms with Crippen molar-refractivity contribution in [1.29, 1.82) is 0 Å². The number of hydrogen-bond donors (Lipinski definition) is 1. The molecular weight excluding hydrogens is 274 g/mol. The van der Waals surface area contributed by atoms with E-state index >= 15 is 0 Å². The molecule has 0 aliphatic heterocycles. The van der Waals surface area contributed by atoms with Crippen LogP contribution in [0.2, 0.25) is 0 Å². The second-order valence-electron chi connectivity index (χ2n) is 5.60. The average molecular weight is 296 g/mol. The molecule has 94 valence electrons. The summed E-state index contributed by atoms with van der Waals surface area (Å²) in [5, 5.41) is 3.49. The van der Waals surface area contributed by atoms with Gasteiger partial charge < -0.3 is 5.32 Å². The Morgan fingerprint density at radius 2 is 2.00 bits per heavy atom. The predicted octanol–water partition coefficient (Wildman–Crippen LogP) is 4.55. The van der Waals surface area contributed by atoms with Gasteiger partial charge in [-0.1, -0.05) is 39.7 Å². The molecule has 0 bridgehead atoms. The zero-order valence-corrected chi connectivity index (χ0v) is 13.0. The summed E-state index contributed by atoms with van der Waals surface area (Å²) in [4.78, 5) is 0. The van der Waals surface area contributed by atoms with Gasteiger partial charge in [-0.25, -0.2) is 0 Å². The van der Waals surface area contributed by atoms with Gasteiger partial charge in [0.2, 0.25) is 0 Å². The van der Waals surface area contributed by atoms with Gasteiger partial charge in [0.1, 0.15) is 0 Å². The molecule has 0 heterocycles. The summed E-state index contributed by atoms with van der Waals surface area (Å²) >= 11 is 3.52.